The van der Waals surface area contributed by atoms with Crippen molar-refractivity contribution in [2.75, 3.05) is 6.54 Å². The highest BCUT2D eigenvalue weighted by Crippen LogP contribution is 2.64. The second-order valence-electron chi connectivity index (χ2n) is 4.65. The molecule has 1 aromatic heterocycles. The van der Waals surface area contributed by atoms with Gasteiger partial charge in [0.05, 0.1) is 0 Å². The van der Waals surface area contributed by atoms with Crippen LogP contribution in [0.15, 0.2) is 10.8 Å². The predicted molar refractivity (Wildman–Crippen MR) is 58.1 cm³/mol. The zero-order valence-electron chi connectivity index (χ0n) is 8.50. The summed E-state index contributed by atoms with van der Waals surface area (Å²) >= 11 is 1.81. The quantitative estimate of drug-likeness (QED) is 0.771. The molecule has 0 bridgehead atoms. The first-order chi connectivity index (χ1) is 6.09. The molecule has 0 spiro atoms. The molecule has 0 aliphatic heterocycles. The van der Waals surface area contributed by atoms with Crippen molar-refractivity contribution in [3.8, 4) is 0 Å². The lowest BCUT2D eigenvalue weighted by molar-refractivity contribution is 0.558. The van der Waals surface area contributed by atoms with Gasteiger partial charge in [-0.25, -0.2) is 0 Å². The highest BCUT2D eigenvalue weighted by atomic mass is 32.1. The Balaban J connectivity index is 2.26. The Bertz CT molecular complexity index is 314. The second kappa shape index (κ2) is 2.82. The van der Waals surface area contributed by atoms with E-state index in [-0.39, 0.29) is 0 Å². The highest BCUT2D eigenvalue weighted by Gasteiger charge is 2.57. The maximum Gasteiger partial charge on any atom is -0.00375 e. The molecule has 0 aromatic carbocycles. The van der Waals surface area contributed by atoms with Crippen LogP contribution in [0.2, 0.25) is 0 Å². The van der Waals surface area contributed by atoms with Crippen molar-refractivity contribution >= 4 is 11.3 Å². The van der Waals surface area contributed by atoms with Crippen molar-refractivity contribution in [1.82, 2.24) is 0 Å². The van der Waals surface area contributed by atoms with Gasteiger partial charge in [-0.1, -0.05) is 13.8 Å². The molecule has 1 aliphatic carbocycles. The lowest BCUT2D eigenvalue weighted by atomic mass is 10.0. The van der Waals surface area contributed by atoms with Crippen molar-refractivity contribution in [2.45, 2.75) is 26.7 Å². The van der Waals surface area contributed by atoms with Gasteiger partial charge < -0.3 is 5.73 Å². The SMILES string of the molecule is Cc1cscc1C1C(CN)C1(C)C. The molecule has 1 nitrogen and oxygen atoms in total. The smallest absolute Gasteiger partial charge is 0.00375 e. The van der Waals surface area contributed by atoms with E-state index in [2.05, 4.69) is 31.5 Å². The lowest BCUT2D eigenvalue weighted by Crippen LogP contribution is -2.05. The van der Waals surface area contributed by atoms with E-state index >= 15 is 0 Å². The van der Waals surface area contributed by atoms with Crippen molar-refractivity contribution in [1.29, 1.82) is 0 Å². The molecule has 2 unspecified atom stereocenters. The molecule has 1 fully saturated rings. The zero-order chi connectivity index (χ0) is 9.64. The summed E-state index contributed by atoms with van der Waals surface area (Å²) in [6, 6.07) is 0. The maximum atomic E-state index is 5.76. The molecule has 2 rings (SSSR count). The van der Waals surface area contributed by atoms with Gasteiger partial charge in [0, 0.05) is 0 Å². The van der Waals surface area contributed by atoms with Crippen LogP contribution < -0.4 is 5.73 Å². The summed E-state index contributed by atoms with van der Waals surface area (Å²) in [6.07, 6.45) is 0. The second-order valence-corrected chi connectivity index (χ2v) is 5.39. The summed E-state index contributed by atoms with van der Waals surface area (Å²) in [7, 11) is 0. The van der Waals surface area contributed by atoms with E-state index in [1.54, 1.807) is 11.3 Å². The van der Waals surface area contributed by atoms with Gasteiger partial charge in [0.2, 0.25) is 0 Å². The van der Waals surface area contributed by atoms with Gasteiger partial charge in [0.1, 0.15) is 0 Å². The normalized spacial score (nSPS) is 30.5. The molecule has 2 N–H and O–H groups in total. The summed E-state index contributed by atoms with van der Waals surface area (Å²) < 4.78 is 0. The van der Waals surface area contributed by atoms with Crippen LogP contribution in [0, 0.1) is 18.3 Å². The Morgan fingerprint density at radius 2 is 2.15 bits per heavy atom. The summed E-state index contributed by atoms with van der Waals surface area (Å²) in [6.45, 7) is 7.68. The molecule has 13 heavy (non-hydrogen) atoms. The van der Waals surface area contributed by atoms with Gasteiger partial charge in [0.15, 0.2) is 0 Å². The van der Waals surface area contributed by atoms with E-state index in [1.807, 2.05) is 0 Å². The molecule has 2 atom stereocenters. The van der Waals surface area contributed by atoms with Crippen molar-refractivity contribution in [3.63, 3.8) is 0 Å². The van der Waals surface area contributed by atoms with Gasteiger partial charge in [-0.2, -0.15) is 11.3 Å². The van der Waals surface area contributed by atoms with Crippen LogP contribution in [0.25, 0.3) is 0 Å². The molecule has 1 heterocycles. The first-order valence-electron chi connectivity index (χ1n) is 4.81. The summed E-state index contributed by atoms with van der Waals surface area (Å²) in [5.74, 6) is 1.41. The topological polar surface area (TPSA) is 26.0 Å². The Morgan fingerprint density at radius 1 is 1.46 bits per heavy atom. The number of hydrogen-bond acceptors (Lipinski definition) is 2. The average molecular weight is 195 g/mol. The Hall–Kier alpha value is -0.340. The third-order valence-electron chi connectivity index (χ3n) is 3.53. The molecule has 1 aromatic rings. The minimum absolute atomic E-state index is 0.431. The van der Waals surface area contributed by atoms with Crippen LogP contribution in [0.3, 0.4) is 0 Å². The van der Waals surface area contributed by atoms with E-state index in [9.17, 15) is 0 Å². The molecule has 2 heteroatoms. The fourth-order valence-corrected chi connectivity index (χ4v) is 3.38. The summed E-state index contributed by atoms with van der Waals surface area (Å²) in [5, 5.41) is 4.52. The van der Waals surface area contributed by atoms with E-state index in [0.29, 0.717) is 17.3 Å². The lowest BCUT2D eigenvalue weighted by Gasteiger charge is -2.01. The third-order valence-corrected chi connectivity index (χ3v) is 4.41. The monoisotopic (exact) mass is 195 g/mol. The van der Waals surface area contributed by atoms with Crippen LogP contribution in [0.4, 0.5) is 0 Å². The van der Waals surface area contributed by atoms with Crippen molar-refractivity contribution in [2.24, 2.45) is 17.1 Å². The average Bonchev–Trinajstić information content (AvgIpc) is 2.41. The fourth-order valence-electron chi connectivity index (χ4n) is 2.49. The number of aryl methyl sites for hydroxylation is 1. The van der Waals surface area contributed by atoms with Gasteiger partial charge >= 0.3 is 0 Å². The number of thiophene rings is 1. The number of rotatable bonds is 2. The van der Waals surface area contributed by atoms with Gasteiger partial charge in [-0.3, -0.25) is 0 Å². The standard InChI is InChI=1S/C11H17NS/c1-7-5-13-6-8(7)10-9(4-12)11(10,2)3/h5-6,9-10H,4,12H2,1-3H3. The largest absolute Gasteiger partial charge is 0.330 e. The fraction of sp³-hybridized carbons (Fsp3) is 0.636. The first kappa shape index (κ1) is 9.22. The summed E-state index contributed by atoms with van der Waals surface area (Å²) in [4.78, 5) is 0. The summed E-state index contributed by atoms with van der Waals surface area (Å²) in [5.41, 5.74) is 9.17. The van der Waals surface area contributed by atoms with Crippen LogP contribution in [-0.4, -0.2) is 6.54 Å². The number of nitrogens with two attached hydrogens (primary N) is 1. The minimum atomic E-state index is 0.431. The molecule has 1 aliphatic rings. The highest BCUT2D eigenvalue weighted by molar-refractivity contribution is 7.08. The van der Waals surface area contributed by atoms with Crippen LogP contribution in [0.5, 0.6) is 0 Å². The van der Waals surface area contributed by atoms with E-state index in [1.165, 1.54) is 11.1 Å². The third kappa shape index (κ3) is 1.24. The van der Waals surface area contributed by atoms with Gasteiger partial charge in [-0.05, 0) is 52.6 Å². The van der Waals surface area contributed by atoms with E-state index in [0.717, 1.165) is 6.54 Å². The molecule has 0 radical (unpaired) electrons. The maximum absolute atomic E-state index is 5.76. The first-order valence-corrected chi connectivity index (χ1v) is 5.76. The van der Waals surface area contributed by atoms with E-state index in [4.69, 9.17) is 5.73 Å². The van der Waals surface area contributed by atoms with Gasteiger partial charge in [-0.15, -0.1) is 0 Å². The zero-order valence-corrected chi connectivity index (χ0v) is 9.32. The molecule has 0 amide bonds. The molecular weight excluding hydrogens is 178 g/mol. The van der Waals surface area contributed by atoms with Crippen LogP contribution in [-0.2, 0) is 0 Å². The molecular formula is C11H17NS. The van der Waals surface area contributed by atoms with Gasteiger partial charge in [0.25, 0.3) is 0 Å². The van der Waals surface area contributed by atoms with Crippen LogP contribution >= 0.6 is 11.3 Å². The molecule has 72 valence electrons. The molecule has 1 saturated carbocycles. The number of hydrogen-bond donors (Lipinski definition) is 1. The van der Waals surface area contributed by atoms with E-state index < -0.39 is 0 Å². The minimum Gasteiger partial charge on any atom is -0.330 e. The van der Waals surface area contributed by atoms with Crippen molar-refractivity contribution in [3.05, 3.63) is 21.9 Å². The Labute approximate surface area is 84.0 Å². The Morgan fingerprint density at radius 3 is 2.54 bits per heavy atom. The van der Waals surface area contributed by atoms with Crippen molar-refractivity contribution < 1.29 is 0 Å². The predicted octanol–water partition coefficient (Wildman–Crippen LogP) is 2.75. The van der Waals surface area contributed by atoms with Crippen LogP contribution in [0.1, 0.15) is 30.9 Å². The molecule has 0 saturated heterocycles. The Kier molecular flexibility index (Phi) is 2.00.